The zero-order valence-electron chi connectivity index (χ0n) is 9.11. The minimum absolute atomic E-state index is 0.163. The molecule has 1 fully saturated rings. The molecule has 0 amide bonds. The Morgan fingerprint density at radius 1 is 1.56 bits per heavy atom. The Hall–Kier alpha value is -0.500. The number of aliphatic hydroxyl groups is 4. The van der Waals surface area contributed by atoms with Crippen molar-refractivity contribution in [1.29, 1.82) is 0 Å². The van der Waals surface area contributed by atoms with E-state index < -0.39 is 36.8 Å². The lowest BCUT2D eigenvalue weighted by Gasteiger charge is -2.29. The van der Waals surface area contributed by atoms with E-state index in [2.05, 4.69) is 6.58 Å². The summed E-state index contributed by atoms with van der Waals surface area (Å²) >= 11 is 0. The highest BCUT2D eigenvalue weighted by atomic mass is 16.7. The number of methoxy groups -OCH3 is 1. The normalized spacial score (nSPS) is 40.9. The lowest BCUT2D eigenvalue weighted by Crippen LogP contribution is -2.44. The number of ether oxygens (including phenoxy) is 2. The van der Waals surface area contributed by atoms with E-state index in [1.807, 2.05) is 0 Å². The minimum atomic E-state index is -1.41. The van der Waals surface area contributed by atoms with Gasteiger partial charge < -0.3 is 29.9 Å². The predicted molar refractivity (Wildman–Crippen MR) is 54.5 cm³/mol. The van der Waals surface area contributed by atoms with E-state index in [4.69, 9.17) is 14.6 Å². The van der Waals surface area contributed by atoms with Crippen LogP contribution >= 0.6 is 0 Å². The molecule has 5 atom stereocenters. The maximum absolute atomic E-state index is 9.81. The van der Waals surface area contributed by atoms with Crippen LogP contribution in [0, 0.1) is 0 Å². The Morgan fingerprint density at radius 2 is 2.19 bits per heavy atom. The molecular formula is C10H18O6. The minimum Gasteiger partial charge on any atom is -0.394 e. The van der Waals surface area contributed by atoms with Crippen molar-refractivity contribution in [3.05, 3.63) is 12.7 Å². The first-order chi connectivity index (χ1) is 7.52. The van der Waals surface area contributed by atoms with Gasteiger partial charge >= 0.3 is 0 Å². The average molecular weight is 234 g/mol. The van der Waals surface area contributed by atoms with Gasteiger partial charge in [0, 0.05) is 13.5 Å². The second-order valence-corrected chi connectivity index (χ2v) is 3.78. The summed E-state index contributed by atoms with van der Waals surface area (Å²) in [5.74, 6) is -1.41. The highest BCUT2D eigenvalue weighted by Gasteiger charge is 2.55. The third-order valence-electron chi connectivity index (χ3n) is 2.79. The topological polar surface area (TPSA) is 99.4 Å². The van der Waals surface area contributed by atoms with Crippen LogP contribution < -0.4 is 0 Å². The van der Waals surface area contributed by atoms with Gasteiger partial charge in [-0.25, -0.2) is 0 Å². The molecule has 0 aliphatic carbocycles. The molecule has 0 spiro atoms. The van der Waals surface area contributed by atoms with Crippen molar-refractivity contribution >= 4 is 0 Å². The summed E-state index contributed by atoms with van der Waals surface area (Å²) in [5, 5.41) is 37.7. The van der Waals surface area contributed by atoms with Crippen molar-refractivity contribution in [3.8, 4) is 0 Å². The van der Waals surface area contributed by atoms with E-state index in [9.17, 15) is 15.3 Å². The lowest BCUT2D eigenvalue weighted by molar-refractivity contribution is -0.251. The van der Waals surface area contributed by atoms with E-state index in [1.165, 1.54) is 13.2 Å². The first kappa shape index (κ1) is 13.6. The molecule has 6 nitrogen and oxygen atoms in total. The summed E-state index contributed by atoms with van der Waals surface area (Å²) in [6.45, 7) is 2.93. The van der Waals surface area contributed by atoms with Crippen molar-refractivity contribution < 1.29 is 29.9 Å². The molecule has 1 aliphatic heterocycles. The van der Waals surface area contributed by atoms with E-state index in [1.54, 1.807) is 0 Å². The molecule has 0 aromatic carbocycles. The van der Waals surface area contributed by atoms with Gasteiger partial charge in [0.15, 0.2) is 0 Å². The SMILES string of the molecule is C=CC[C@@]1(OC)O[C@H]([C@H](O)CO)[C@H](O)[C@H]1O. The van der Waals surface area contributed by atoms with Gasteiger partial charge in [-0.05, 0) is 0 Å². The molecular weight excluding hydrogens is 216 g/mol. The molecule has 16 heavy (non-hydrogen) atoms. The van der Waals surface area contributed by atoms with E-state index in [0.717, 1.165) is 0 Å². The third-order valence-corrected chi connectivity index (χ3v) is 2.79. The zero-order valence-corrected chi connectivity index (χ0v) is 9.11. The van der Waals surface area contributed by atoms with E-state index in [0.29, 0.717) is 0 Å². The Kier molecular flexibility index (Phi) is 4.43. The number of aliphatic hydroxyl groups excluding tert-OH is 4. The molecule has 0 bridgehead atoms. The average Bonchev–Trinajstić information content (AvgIpc) is 2.54. The summed E-state index contributed by atoms with van der Waals surface area (Å²) in [6, 6.07) is 0. The molecule has 94 valence electrons. The summed E-state index contributed by atoms with van der Waals surface area (Å²) in [4.78, 5) is 0. The second kappa shape index (κ2) is 5.22. The largest absolute Gasteiger partial charge is 0.394 e. The van der Waals surface area contributed by atoms with Gasteiger partial charge in [0.25, 0.3) is 0 Å². The van der Waals surface area contributed by atoms with Crippen molar-refractivity contribution in [2.75, 3.05) is 13.7 Å². The standard InChI is InChI=1S/C10H18O6/c1-3-4-10(15-2)9(14)7(13)8(16-10)6(12)5-11/h3,6-9,11-14H,1,4-5H2,2H3/t6-,7+,8-,9-,10-/m1/s1. The molecule has 0 radical (unpaired) electrons. The number of hydrogen-bond donors (Lipinski definition) is 4. The lowest BCUT2D eigenvalue weighted by atomic mass is 10.0. The Bertz CT molecular complexity index is 245. The van der Waals surface area contributed by atoms with Gasteiger partial charge in [0.05, 0.1) is 6.61 Å². The number of rotatable bonds is 5. The van der Waals surface area contributed by atoms with Crippen molar-refractivity contribution in [2.24, 2.45) is 0 Å². The molecule has 1 rings (SSSR count). The molecule has 0 aromatic heterocycles. The van der Waals surface area contributed by atoms with Crippen LogP contribution in [0.1, 0.15) is 6.42 Å². The van der Waals surface area contributed by atoms with E-state index >= 15 is 0 Å². The fourth-order valence-electron chi connectivity index (χ4n) is 1.84. The molecule has 1 aliphatic rings. The van der Waals surface area contributed by atoms with Crippen LogP contribution in [0.15, 0.2) is 12.7 Å². The zero-order chi connectivity index (χ0) is 12.3. The Balaban J connectivity index is 2.87. The summed E-state index contributed by atoms with van der Waals surface area (Å²) in [6.07, 6.45) is -3.33. The van der Waals surface area contributed by atoms with Crippen LogP contribution in [0.2, 0.25) is 0 Å². The van der Waals surface area contributed by atoms with Crippen molar-refractivity contribution in [2.45, 2.75) is 36.6 Å². The van der Waals surface area contributed by atoms with Gasteiger partial charge in [-0.2, -0.15) is 0 Å². The summed E-state index contributed by atoms with van der Waals surface area (Å²) in [5.41, 5.74) is 0. The summed E-state index contributed by atoms with van der Waals surface area (Å²) in [7, 11) is 1.33. The van der Waals surface area contributed by atoms with Gasteiger partial charge in [-0.1, -0.05) is 6.08 Å². The quantitative estimate of drug-likeness (QED) is 0.427. The van der Waals surface area contributed by atoms with Gasteiger partial charge in [-0.15, -0.1) is 6.58 Å². The van der Waals surface area contributed by atoms with Crippen molar-refractivity contribution in [3.63, 3.8) is 0 Å². The molecule has 1 saturated heterocycles. The highest BCUT2D eigenvalue weighted by molar-refractivity contribution is 5.01. The van der Waals surface area contributed by atoms with Crippen LogP contribution in [-0.2, 0) is 9.47 Å². The Labute approximate surface area is 93.7 Å². The molecule has 0 aromatic rings. The molecule has 4 N–H and O–H groups in total. The predicted octanol–water partition coefficient (Wildman–Crippen LogP) is -1.62. The first-order valence-corrected chi connectivity index (χ1v) is 5.01. The summed E-state index contributed by atoms with van der Waals surface area (Å²) < 4.78 is 10.4. The third kappa shape index (κ3) is 2.13. The van der Waals surface area contributed by atoms with Crippen LogP contribution in [0.5, 0.6) is 0 Å². The van der Waals surface area contributed by atoms with Gasteiger partial charge in [0.1, 0.15) is 24.4 Å². The second-order valence-electron chi connectivity index (χ2n) is 3.78. The van der Waals surface area contributed by atoms with Crippen LogP contribution in [-0.4, -0.2) is 64.3 Å². The highest BCUT2D eigenvalue weighted by Crippen LogP contribution is 2.36. The monoisotopic (exact) mass is 234 g/mol. The van der Waals surface area contributed by atoms with Crippen LogP contribution in [0.4, 0.5) is 0 Å². The Morgan fingerprint density at radius 3 is 2.62 bits per heavy atom. The number of hydrogen-bond acceptors (Lipinski definition) is 6. The molecule has 6 heteroatoms. The van der Waals surface area contributed by atoms with Gasteiger partial charge in [0.2, 0.25) is 5.79 Å². The maximum Gasteiger partial charge on any atom is 0.200 e. The van der Waals surface area contributed by atoms with Gasteiger partial charge in [-0.3, -0.25) is 0 Å². The fourth-order valence-corrected chi connectivity index (χ4v) is 1.84. The van der Waals surface area contributed by atoms with Crippen LogP contribution in [0.25, 0.3) is 0 Å². The smallest absolute Gasteiger partial charge is 0.200 e. The molecule has 1 heterocycles. The fraction of sp³-hybridized carbons (Fsp3) is 0.800. The van der Waals surface area contributed by atoms with Crippen LogP contribution in [0.3, 0.4) is 0 Å². The van der Waals surface area contributed by atoms with E-state index in [-0.39, 0.29) is 6.42 Å². The molecule has 0 saturated carbocycles. The first-order valence-electron chi connectivity index (χ1n) is 5.01. The molecule has 0 unspecified atom stereocenters. The van der Waals surface area contributed by atoms with Crippen molar-refractivity contribution in [1.82, 2.24) is 0 Å². The maximum atomic E-state index is 9.81.